The number of rotatable bonds is 10. The molecule has 0 aromatic heterocycles. The van der Waals surface area contributed by atoms with Crippen LogP contribution in [0.15, 0.2) is 48.5 Å². The summed E-state index contributed by atoms with van der Waals surface area (Å²) in [7, 11) is 0. The molecule has 0 aliphatic rings. The lowest BCUT2D eigenvalue weighted by atomic mass is 10.0. The van der Waals surface area contributed by atoms with Crippen molar-refractivity contribution in [3.63, 3.8) is 0 Å². The predicted octanol–water partition coefficient (Wildman–Crippen LogP) is 6.44. The van der Waals surface area contributed by atoms with Crippen LogP contribution in [-0.2, 0) is 29.0 Å². The van der Waals surface area contributed by atoms with Gasteiger partial charge in [-0.15, -0.1) is 9.78 Å². The second-order valence-corrected chi connectivity index (χ2v) is 9.72. The first-order valence-electron chi connectivity index (χ1n) is 11.6. The second-order valence-electron chi connectivity index (χ2n) is 9.72. The maximum atomic E-state index is 12.2. The molecule has 0 saturated carbocycles. The first-order valence-corrected chi connectivity index (χ1v) is 11.6. The van der Waals surface area contributed by atoms with Gasteiger partial charge in [-0.2, -0.15) is 0 Å². The van der Waals surface area contributed by atoms with Gasteiger partial charge in [-0.3, -0.25) is 9.78 Å². The van der Waals surface area contributed by atoms with Crippen molar-refractivity contribution in [1.82, 2.24) is 0 Å². The van der Waals surface area contributed by atoms with E-state index in [-0.39, 0.29) is 11.1 Å². The number of ether oxygens (including phenoxy) is 2. The molecule has 0 unspecified atom stereocenters. The average Bonchev–Trinajstić information content (AvgIpc) is 2.80. The Morgan fingerprint density at radius 2 is 0.889 bits per heavy atom. The van der Waals surface area contributed by atoms with E-state index in [0.717, 1.165) is 11.1 Å². The van der Waals surface area contributed by atoms with Crippen LogP contribution in [0.5, 0.6) is 0 Å². The van der Waals surface area contributed by atoms with Gasteiger partial charge in [0.25, 0.3) is 11.6 Å². The van der Waals surface area contributed by atoms with Crippen LogP contribution in [-0.4, -0.2) is 29.7 Å². The lowest BCUT2D eigenvalue weighted by molar-refractivity contribution is -0.391. The molecule has 0 radical (unpaired) electrons. The summed E-state index contributed by atoms with van der Waals surface area (Å²) in [5.74, 6) is -4.25. The van der Waals surface area contributed by atoms with Crippen LogP contribution >= 0.6 is 0 Å². The highest BCUT2D eigenvalue weighted by molar-refractivity contribution is 5.89. The van der Waals surface area contributed by atoms with Gasteiger partial charge in [0.2, 0.25) is 0 Å². The van der Waals surface area contributed by atoms with E-state index in [2.05, 4.69) is 0 Å². The first-order chi connectivity index (χ1) is 16.7. The van der Waals surface area contributed by atoms with Crippen LogP contribution in [0.3, 0.4) is 0 Å². The normalized spacial score (nSPS) is 11.8. The van der Waals surface area contributed by atoms with Gasteiger partial charge in [0, 0.05) is 27.7 Å². The molecule has 9 heteroatoms. The Morgan fingerprint density at radius 3 is 1.17 bits per heavy atom. The van der Waals surface area contributed by atoms with E-state index >= 15 is 0 Å². The molecular weight excluding hydrogens is 468 g/mol. The van der Waals surface area contributed by atoms with E-state index in [1.54, 1.807) is 24.3 Å². The minimum Gasteiger partial charge on any atom is -0.398 e. The molecule has 2 aromatic rings. The van der Waals surface area contributed by atoms with Gasteiger partial charge in [0.1, 0.15) is 0 Å². The number of carbonyl (C=O) groups is 3. The van der Waals surface area contributed by atoms with Crippen molar-refractivity contribution in [1.29, 1.82) is 0 Å². The summed E-state index contributed by atoms with van der Waals surface area (Å²) >= 11 is 0. The summed E-state index contributed by atoms with van der Waals surface area (Å²) in [5, 5.41) is 0. The molecule has 0 amide bonds. The zero-order chi connectivity index (χ0) is 27.1. The predicted molar refractivity (Wildman–Crippen MR) is 130 cm³/mol. The van der Waals surface area contributed by atoms with E-state index in [9.17, 15) is 14.4 Å². The molecule has 36 heavy (non-hydrogen) atoms. The number of hydrogen-bond donors (Lipinski definition) is 0. The van der Waals surface area contributed by atoms with Crippen molar-refractivity contribution in [3.8, 4) is 0 Å². The fraction of sp³-hybridized carbons (Fsp3) is 0.444. The molecule has 196 valence electrons. The molecule has 0 spiro atoms. The van der Waals surface area contributed by atoms with E-state index in [1.807, 2.05) is 52.0 Å². The molecule has 0 heterocycles. The molecule has 0 N–H and O–H groups in total. The van der Waals surface area contributed by atoms with Gasteiger partial charge >= 0.3 is 18.1 Å². The van der Waals surface area contributed by atoms with E-state index in [0.29, 0.717) is 11.8 Å². The maximum Gasteiger partial charge on any atom is 0.513 e. The molecular formula is C27H34O9. The fourth-order valence-electron chi connectivity index (χ4n) is 2.84. The molecule has 2 aromatic carbocycles. The summed E-state index contributed by atoms with van der Waals surface area (Å²) < 4.78 is 10.1. The van der Waals surface area contributed by atoms with Gasteiger partial charge in [-0.05, 0) is 47.2 Å². The number of hydrogen-bond acceptors (Lipinski definition) is 9. The van der Waals surface area contributed by atoms with Gasteiger partial charge in [0.15, 0.2) is 0 Å². The van der Waals surface area contributed by atoms with Crippen LogP contribution < -0.4 is 0 Å². The highest BCUT2D eigenvalue weighted by atomic mass is 17.3. The average molecular weight is 503 g/mol. The summed E-state index contributed by atoms with van der Waals surface area (Å²) in [5.41, 5.74) is 2.68. The maximum absolute atomic E-state index is 12.2. The van der Waals surface area contributed by atoms with Crippen molar-refractivity contribution < 1.29 is 43.4 Å². The molecule has 0 atom stereocenters. The molecule has 2 rings (SSSR count). The van der Waals surface area contributed by atoms with Crippen LogP contribution in [0.2, 0.25) is 0 Å². The lowest BCUT2D eigenvalue weighted by Crippen LogP contribution is -2.38. The molecule has 0 aliphatic heterocycles. The standard InChI is InChI=1S/C27H34O9/c1-17(2)19-9-13-21(14-10-19)23(28)33-35-26(5,6)31-25(30)32-27(7,8)36-34-24(29)22-15-11-20(12-16-22)18(3)4/h9-18H,1-8H3. The molecule has 0 fully saturated rings. The molecule has 0 aliphatic carbocycles. The zero-order valence-corrected chi connectivity index (χ0v) is 21.9. The number of carbonyl (C=O) groups excluding carboxylic acids is 3. The topological polar surface area (TPSA) is 107 Å². The Hall–Kier alpha value is -3.43. The SMILES string of the molecule is CC(C)c1ccc(C(=O)OOC(C)(C)OC(=O)OC(C)(C)OOC(=O)c2ccc(C(C)C)cc2)cc1. The Morgan fingerprint density at radius 1 is 0.583 bits per heavy atom. The largest absolute Gasteiger partial charge is 0.513 e. The van der Waals surface area contributed by atoms with Crippen molar-refractivity contribution in [2.24, 2.45) is 0 Å². The first kappa shape index (κ1) is 28.8. The van der Waals surface area contributed by atoms with Gasteiger partial charge in [-0.1, -0.05) is 52.0 Å². The Bertz CT molecular complexity index is 952. The molecule has 9 nitrogen and oxygen atoms in total. The smallest absolute Gasteiger partial charge is 0.398 e. The van der Waals surface area contributed by atoms with Crippen LogP contribution in [0.4, 0.5) is 4.79 Å². The highest BCUT2D eigenvalue weighted by Crippen LogP contribution is 2.21. The minimum atomic E-state index is -1.68. The van der Waals surface area contributed by atoms with Gasteiger partial charge in [0.05, 0.1) is 11.1 Å². The van der Waals surface area contributed by atoms with Crippen molar-refractivity contribution in [2.45, 2.75) is 78.8 Å². The monoisotopic (exact) mass is 502 g/mol. The Labute approximate surface area is 211 Å². The Kier molecular flexibility index (Phi) is 9.61. The summed E-state index contributed by atoms with van der Waals surface area (Å²) in [4.78, 5) is 56.2. The van der Waals surface area contributed by atoms with Gasteiger partial charge < -0.3 is 9.47 Å². The van der Waals surface area contributed by atoms with Crippen molar-refractivity contribution in [3.05, 3.63) is 70.8 Å². The van der Waals surface area contributed by atoms with E-state index in [1.165, 1.54) is 27.7 Å². The summed E-state index contributed by atoms with van der Waals surface area (Å²) in [6, 6.07) is 13.7. The minimum absolute atomic E-state index is 0.271. The lowest BCUT2D eigenvalue weighted by Gasteiger charge is -2.26. The third kappa shape index (κ3) is 8.98. The summed E-state index contributed by atoms with van der Waals surface area (Å²) in [6.45, 7) is 13.5. The van der Waals surface area contributed by atoms with Crippen LogP contribution in [0, 0.1) is 0 Å². The molecule has 0 saturated heterocycles. The van der Waals surface area contributed by atoms with Crippen molar-refractivity contribution >= 4 is 18.1 Å². The second kappa shape index (κ2) is 12.0. The summed E-state index contributed by atoms with van der Waals surface area (Å²) in [6.07, 6.45) is -1.21. The molecule has 0 bridgehead atoms. The number of benzene rings is 2. The van der Waals surface area contributed by atoms with E-state index < -0.39 is 29.7 Å². The highest BCUT2D eigenvalue weighted by Gasteiger charge is 2.34. The quantitative estimate of drug-likeness (QED) is 0.157. The van der Waals surface area contributed by atoms with Gasteiger partial charge in [-0.25, -0.2) is 14.4 Å². The van der Waals surface area contributed by atoms with Crippen molar-refractivity contribution in [2.75, 3.05) is 0 Å². The van der Waals surface area contributed by atoms with Crippen LogP contribution in [0.25, 0.3) is 0 Å². The van der Waals surface area contributed by atoms with Crippen LogP contribution in [0.1, 0.15) is 99.1 Å². The third-order valence-electron chi connectivity index (χ3n) is 4.92. The zero-order valence-electron chi connectivity index (χ0n) is 21.9. The van der Waals surface area contributed by atoms with E-state index in [4.69, 9.17) is 29.0 Å². The third-order valence-corrected chi connectivity index (χ3v) is 4.92. The Balaban J connectivity index is 1.83. The fourth-order valence-corrected chi connectivity index (χ4v) is 2.84.